The van der Waals surface area contributed by atoms with Crippen LogP contribution in [0.15, 0.2) is 29.7 Å². The minimum Gasteiger partial charge on any atom is -0.223 e. The highest BCUT2D eigenvalue weighted by Gasteiger charge is 2.22. The summed E-state index contributed by atoms with van der Waals surface area (Å²) in [6, 6.07) is 6.66. The Morgan fingerprint density at radius 2 is 2.00 bits per heavy atom. The second-order valence-electron chi connectivity index (χ2n) is 4.20. The smallest absolute Gasteiger partial charge is 0.181 e. The molecular weight excluding hydrogens is 234 g/mol. The Bertz CT molecular complexity index is 592. The normalized spacial score (nSPS) is 11.2. The van der Waals surface area contributed by atoms with Gasteiger partial charge < -0.3 is 0 Å². The largest absolute Gasteiger partial charge is 0.223 e. The van der Waals surface area contributed by atoms with E-state index in [0.717, 1.165) is 11.1 Å². The summed E-state index contributed by atoms with van der Waals surface area (Å²) in [4.78, 5) is 0.0972. The molecule has 0 aliphatic rings. The van der Waals surface area contributed by atoms with Gasteiger partial charge >= 0.3 is 0 Å². The van der Waals surface area contributed by atoms with E-state index in [4.69, 9.17) is 5.26 Å². The molecule has 0 aliphatic heterocycles. The van der Waals surface area contributed by atoms with E-state index in [1.54, 1.807) is 26.0 Å². The van der Waals surface area contributed by atoms with E-state index < -0.39 is 15.1 Å². The molecule has 0 amide bonds. The first-order chi connectivity index (χ1) is 7.80. The molecule has 0 saturated carbocycles. The minimum absolute atomic E-state index is 0.0972. The molecule has 0 atom stereocenters. The summed E-state index contributed by atoms with van der Waals surface area (Å²) in [7, 11) is -3.41. The van der Waals surface area contributed by atoms with Crippen LogP contribution >= 0.6 is 0 Å². The number of nitriles is 1. The first-order valence-corrected chi connectivity index (χ1v) is 6.79. The predicted molar refractivity (Wildman–Crippen MR) is 68.2 cm³/mol. The maximum absolute atomic E-state index is 12.0. The van der Waals surface area contributed by atoms with Crippen molar-refractivity contribution in [1.82, 2.24) is 0 Å². The Morgan fingerprint density at radius 3 is 2.41 bits per heavy atom. The van der Waals surface area contributed by atoms with Crippen molar-refractivity contribution in [2.24, 2.45) is 0 Å². The van der Waals surface area contributed by atoms with E-state index >= 15 is 0 Å². The lowest BCUT2D eigenvalue weighted by molar-refractivity contribution is 0.587. The number of sulfone groups is 1. The Kier molecular flexibility index (Phi) is 3.74. The fourth-order valence-corrected chi connectivity index (χ4v) is 2.56. The molecule has 0 bridgehead atoms. The molecule has 1 aromatic carbocycles. The number of nitrogens with zero attached hydrogens (tertiary/aromatic N) is 1. The van der Waals surface area contributed by atoms with Crippen LogP contribution in [0, 0.1) is 11.3 Å². The zero-order valence-corrected chi connectivity index (χ0v) is 11.0. The molecule has 0 N–H and O–H groups in total. The van der Waals surface area contributed by atoms with Crippen LogP contribution in [0.3, 0.4) is 0 Å². The summed E-state index contributed by atoms with van der Waals surface area (Å²) in [6.07, 6.45) is 0. The molecule has 1 rings (SSSR count). The lowest BCUT2D eigenvalue weighted by Gasteiger charge is -2.10. The average molecular weight is 249 g/mol. The second kappa shape index (κ2) is 4.72. The molecule has 0 aliphatic carbocycles. The van der Waals surface area contributed by atoms with E-state index in [0.29, 0.717) is 0 Å². The summed E-state index contributed by atoms with van der Waals surface area (Å²) >= 11 is 0. The molecule has 90 valence electrons. The minimum atomic E-state index is -3.41. The average Bonchev–Trinajstić information content (AvgIpc) is 2.27. The van der Waals surface area contributed by atoms with E-state index in [2.05, 4.69) is 6.58 Å². The molecule has 1 aromatic rings. The Hall–Kier alpha value is -1.60. The van der Waals surface area contributed by atoms with Crippen molar-refractivity contribution in [2.45, 2.75) is 30.9 Å². The standard InChI is InChI=1S/C13H15NO2S/c1-9(2)11-5-6-13(12(7-11)8-14)17(15,16)10(3)4/h5-7,10H,1H2,2-4H3. The third-order valence-electron chi connectivity index (χ3n) is 2.52. The molecular formula is C13H15NO2S. The van der Waals surface area contributed by atoms with Gasteiger partial charge in [0.05, 0.1) is 15.7 Å². The highest BCUT2D eigenvalue weighted by Crippen LogP contribution is 2.23. The fraction of sp³-hybridized carbons (Fsp3) is 0.308. The SMILES string of the molecule is C=C(C)c1ccc(S(=O)(=O)C(C)C)c(C#N)c1. The molecule has 0 aromatic heterocycles. The fourth-order valence-electron chi connectivity index (χ4n) is 1.38. The Balaban J connectivity index is 3.49. The maximum atomic E-state index is 12.0. The first kappa shape index (κ1) is 13.5. The van der Waals surface area contributed by atoms with Crippen molar-refractivity contribution in [3.63, 3.8) is 0 Å². The number of hydrogen-bond acceptors (Lipinski definition) is 3. The van der Waals surface area contributed by atoms with Crippen LogP contribution in [-0.2, 0) is 9.84 Å². The number of rotatable bonds is 3. The molecule has 0 fully saturated rings. The van der Waals surface area contributed by atoms with Gasteiger partial charge in [-0.3, -0.25) is 0 Å². The van der Waals surface area contributed by atoms with Gasteiger partial charge in [0.25, 0.3) is 0 Å². The molecule has 17 heavy (non-hydrogen) atoms. The topological polar surface area (TPSA) is 57.9 Å². The molecule has 0 heterocycles. The highest BCUT2D eigenvalue weighted by molar-refractivity contribution is 7.92. The van der Waals surface area contributed by atoms with Crippen LogP contribution in [0.1, 0.15) is 31.9 Å². The number of allylic oxidation sites excluding steroid dienone is 1. The summed E-state index contributed by atoms with van der Waals surface area (Å²) in [5, 5.41) is 8.49. The summed E-state index contributed by atoms with van der Waals surface area (Å²) in [5.41, 5.74) is 1.76. The van der Waals surface area contributed by atoms with E-state index in [9.17, 15) is 8.42 Å². The predicted octanol–water partition coefficient (Wildman–Crippen LogP) is 2.77. The Morgan fingerprint density at radius 1 is 1.41 bits per heavy atom. The van der Waals surface area contributed by atoms with Gasteiger partial charge in [-0.1, -0.05) is 18.2 Å². The van der Waals surface area contributed by atoms with Crippen LogP contribution in [0.25, 0.3) is 5.57 Å². The van der Waals surface area contributed by atoms with Crippen molar-refractivity contribution in [3.8, 4) is 6.07 Å². The van der Waals surface area contributed by atoms with Gasteiger partial charge in [0.1, 0.15) is 6.07 Å². The maximum Gasteiger partial charge on any atom is 0.181 e. The van der Waals surface area contributed by atoms with Gasteiger partial charge in [0.15, 0.2) is 9.84 Å². The van der Waals surface area contributed by atoms with Gasteiger partial charge in [-0.05, 0) is 38.5 Å². The van der Waals surface area contributed by atoms with Gasteiger partial charge in [0, 0.05) is 0 Å². The molecule has 0 spiro atoms. The summed E-state index contributed by atoms with van der Waals surface area (Å²) in [6.45, 7) is 8.78. The van der Waals surface area contributed by atoms with Gasteiger partial charge in [0.2, 0.25) is 0 Å². The van der Waals surface area contributed by atoms with E-state index in [1.807, 2.05) is 13.0 Å². The molecule has 3 nitrogen and oxygen atoms in total. The van der Waals surface area contributed by atoms with Gasteiger partial charge in [-0.25, -0.2) is 8.42 Å². The summed E-state index contributed by atoms with van der Waals surface area (Å²) in [5.74, 6) is 0. The van der Waals surface area contributed by atoms with Crippen LogP contribution < -0.4 is 0 Å². The van der Waals surface area contributed by atoms with Crippen LogP contribution in [0.5, 0.6) is 0 Å². The number of hydrogen-bond donors (Lipinski definition) is 0. The lowest BCUT2D eigenvalue weighted by atomic mass is 10.1. The van der Waals surface area contributed by atoms with Crippen LogP contribution in [0.2, 0.25) is 0 Å². The molecule has 0 saturated heterocycles. The summed E-state index contributed by atoms with van der Waals surface area (Å²) < 4.78 is 24.0. The van der Waals surface area contributed by atoms with E-state index in [1.165, 1.54) is 6.07 Å². The quantitative estimate of drug-likeness (QED) is 0.827. The zero-order chi connectivity index (χ0) is 13.2. The first-order valence-electron chi connectivity index (χ1n) is 5.24. The van der Waals surface area contributed by atoms with Crippen molar-refractivity contribution < 1.29 is 8.42 Å². The lowest BCUT2D eigenvalue weighted by Crippen LogP contribution is -2.15. The van der Waals surface area contributed by atoms with Crippen molar-refractivity contribution in [3.05, 3.63) is 35.9 Å². The van der Waals surface area contributed by atoms with Crippen LogP contribution in [0.4, 0.5) is 0 Å². The molecule has 4 heteroatoms. The third-order valence-corrected chi connectivity index (χ3v) is 4.73. The third kappa shape index (κ3) is 2.56. The van der Waals surface area contributed by atoms with Gasteiger partial charge in [-0.15, -0.1) is 0 Å². The molecule has 0 unspecified atom stereocenters. The van der Waals surface area contributed by atoms with Gasteiger partial charge in [-0.2, -0.15) is 5.26 Å². The van der Waals surface area contributed by atoms with Crippen molar-refractivity contribution in [2.75, 3.05) is 0 Å². The number of benzene rings is 1. The monoisotopic (exact) mass is 249 g/mol. The van der Waals surface area contributed by atoms with Crippen LogP contribution in [-0.4, -0.2) is 13.7 Å². The van der Waals surface area contributed by atoms with Crippen molar-refractivity contribution >= 4 is 15.4 Å². The van der Waals surface area contributed by atoms with E-state index in [-0.39, 0.29) is 10.5 Å². The zero-order valence-electron chi connectivity index (χ0n) is 10.2. The molecule has 0 radical (unpaired) electrons. The Labute approximate surface area is 102 Å². The van der Waals surface area contributed by atoms with Crippen molar-refractivity contribution in [1.29, 1.82) is 5.26 Å². The second-order valence-corrected chi connectivity index (χ2v) is 6.67. The highest BCUT2D eigenvalue weighted by atomic mass is 32.2.